The van der Waals surface area contributed by atoms with Crippen LogP contribution in [-0.2, 0) is 16.1 Å². The second kappa shape index (κ2) is 9.02. The third-order valence-electron chi connectivity index (χ3n) is 4.93. The molecule has 154 valence electrons. The summed E-state index contributed by atoms with van der Waals surface area (Å²) in [7, 11) is 0. The highest BCUT2D eigenvalue weighted by Crippen LogP contribution is 2.29. The van der Waals surface area contributed by atoms with Crippen LogP contribution in [0.5, 0.6) is 5.75 Å². The van der Waals surface area contributed by atoms with Crippen LogP contribution in [0, 0.1) is 5.82 Å². The summed E-state index contributed by atoms with van der Waals surface area (Å²) >= 11 is 0. The predicted octanol–water partition coefficient (Wildman–Crippen LogP) is 1.16. The van der Waals surface area contributed by atoms with Gasteiger partial charge in [0, 0.05) is 31.3 Å². The second-order valence-electron chi connectivity index (χ2n) is 7.00. The molecular formula is C21H23FN2O5. The fourth-order valence-corrected chi connectivity index (χ4v) is 3.25. The third-order valence-corrected chi connectivity index (χ3v) is 4.93. The summed E-state index contributed by atoms with van der Waals surface area (Å²) in [5.41, 5.74) is 1.85. The number of phenols is 1. The Morgan fingerprint density at radius 1 is 1.03 bits per heavy atom. The zero-order valence-corrected chi connectivity index (χ0v) is 15.7. The van der Waals surface area contributed by atoms with E-state index >= 15 is 0 Å². The lowest BCUT2D eigenvalue weighted by Gasteiger charge is -2.22. The maximum atomic E-state index is 13.1. The molecule has 4 N–H and O–H groups in total. The van der Waals surface area contributed by atoms with Crippen LogP contribution in [0.1, 0.15) is 18.4 Å². The maximum absolute atomic E-state index is 13.1. The molecule has 2 aromatic rings. The minimum Gasteiger partial charge on any atom is -0.507 e. The summed E-state index contributed by atoms with van der Waals surface area (Å²) in [6.07, 6.45) is -1.96. The topological polar surface area (TPSA) is 110 Å². The number of phenolic OH excluding ortho intramolecular Hbond substituents is 1. The van der Waals surface area contributed by atoms with E-state index in [1.165, 1.54) is 17.0 Å². The minimum absolute atomic E-state index is 0.0796. The van der Waals surface area contributed by atoms with Crippen LogP contribution >= 0.6 is 0 Å². The van der Waals surface area contributed by atoms with Crippen molar-refractivity contribution in [3.05, 3.63) is 53.8 Å². The van der Waals surface area contributed by atoms with Gasteiger partial charge in [-0.05, 0) is 36.1 Å². The van der Waals surface area contributed by atoms with E-state index in [2.05, 4.69) is 5.32 Å². The third kappa shape index (κ3) is 4.90. The number of amides is 2. The molecular weight excluding hydrogens is 379 g/mol. The molecule has 2 atom stereocenters. The van der Waals surface area contributed by atoms with E-state index in [1.54, 1.807) is 24.3 Å². The van der Waals surface area contributed by atoms with Gasteiger partial charge in [-0.15, -0.1) is 0 Å². The Hall–Kier alpha value is -2.97. The molecule has 0 bridgehead atoms. The zero-order valence-electron chi connectivity index (χ0n) is 15.7. The van der Waals surface area contributed by atoms with Gasteiger partial charge in [-0.3, -0.25) is 9.59 Å². The van der Waals surface area contributed by atoms with Crippen LogP contribution < -0.4 is 5.32 Å². The van der Waals surface area contributed by atoms with Crippen LogP contribution in [0.15, 0.2) is 42.5 Å². The Kier molecular flexibility index (Phi) is 6.46. The van der Waals surface area contributed by atoms with Gasteiger partial charge in [0.15, 0.2) is 12.2 Å². The first-order valence-electron chi connectivity index (χ1n) is 9.37. The number of carbonyl (C=O) groups is 2. The van der Waals surface area contributed by atoms with Gasteiger partial charge in [0.2, 0.25) is 0 Å². The highest BCUT2D eigenvalue weighted by molar-refractivity contribution is 5.90. The number of rotatable bonds is 6. The van der Waals surface area contributed by atoms with Crippen molar-refractivity contribution in [2.75, 3.05) is 13.1 Å². The summed E-state index contributed by atoms with van der Waals surface area (Å²) in [5, 5.41) is 32.3. The normalized spacial score (nSPS) is 15.8. The number of aliphatic hydroxyl groups is 2. The van der Waals surface area contributed by atoms with Crippen molar-refractivity contribution in [3.8, 4) is 16.9 Å². The molecule has 0 spiro atoms. The highest BCUT2D eigenvalue weighted by atomic mass is 19.1. The van der Waals surface area contributed by atoms with E-state index in [0.29, 0.717) is 29.8 Å². The molecule has 8 heteroatoms. The Bertz CT molecular complexity index is 881. The average molecular weight is 402 g/mol. The van der Waals surface area contributed by atoms with Gasteiger partial charge < -0.3 is 25.5 Å². The fraction of sp³-hybridized carbons (Fsp3) is 0.333. The number of nitrogens with zero attached hydrogens (tertiary/aromatic N) is 1. The van der Waals surface area contributed by atoms with Crippen molar-refractivity contribution < 1.29 is 29.3 Å². The van der Waals surface area contributed by atoms with Crippen molar-refractivity contribution in [1.29, 1.82) is 0 Å². The molecule has 2 amide bonds. The van der Waals surface area contributed by atoms with Crippen LogP contribution in [0.4, 0.5) is 4.39 Å². The molecule has 0 saturated carbocycles. The molecule has 1 aliphatic rings. The molecule has 1 fully saturated rings. The van der Waals surface area contributed by atoms with Crippen molar-refractivity contribution in [1.82, 2.24) is 10.2 Å². The van der Waals surface area contributed by atoms with Crippen molar-refractivity contribution >= 4 is 11.8 Å². The van der Waals surface area contributed by atoms with Gasteiger partial charge in [-0.25, -0.2) is 4.39 Å². The Balaban J connectivity index is 1.56. The number of halogens is 1. The fourth-order valence-electron chi connectivity index (χ4n) is 3.25. The lowest BCUT2D eigenvalue weighted by Crippen LogP contribution is -2.50. The molecule has 2 aromatic carbocycles. The van der Waals surface area contributed by atoms with E-state index in [9.17, 15) is 29.3 Å². The number of nitrogens with one attached hydrogen (secondary N) is 1. The predicted molar refractivity (Wildman–Crippen MR) is 103 cm³/mol. The Morgan fingerprint density at radius 2 is 1.69 bits per heavy atom. The maximum Gasteiger partial charge on any atom is 0.254 e. The van der Waals surface area contributed by atoms with Gasteiger partial charge in [0.1, 0.15) is 11.6 Å². The smallest absolute Gasteiger partial charge is 0.254 e. The molecule has 1 aliphatic heterocycles. The lowest BCUT2D eigenvalue weighted by atomic mass is 10.0. The zero-order chi connectivity index (χ0) is 21.0. The van der Waals surface area contributed by atoms with E-state index in [4.69, 9.17) is 0 Å². The van der Waals surface area contributed by atoms with Crippen LogP contribution in [-0.4, -0.2) is 57.3 Å². The quantitative estimate of drug-likeness (QED) is 0.580. The first kappa shape index (κ1) is 20.8. The molecule has 1 saturated heterocycles. The van der Waals surface area contributed by atoms with E-state index in [-0.39, 0.29) is 12.3 Å². The Morgan fingerprint density at radius 3 is 2.31 bits per heavy atom. The first-order valence-corrected chi connectivity index (χ1v) is 9.37. The summed E-state index contributed by atoms with van der Waals surface area (Å²) in [5.74, 6) is -2.20. The minimum atomic E-state index is -1.85. The number of likely N-dealkylation sites (tertiary alicyclic amines) is 1. The number of benzene rings is 2. The molecule has 7 nitrogen and oxygen atoms in total. The monoisotopic (exact) mass is 402 g/mol. The number of carbonyl (C=O) groups excluding carboxylic acids is 2. The van der Waals surface area contributed by atoms with Gasteiger partial charge in [-0.2, -0.15) is 0 Å². The molecule has 0 aromatic heterocycles. The van der Waals surface area contributed by atoms with Crippen LogP contribution in [0.2, 0.25) is 0 Å². The average Bonchev–Trinajstić information content (AvgIpc) is 3.26. The van der Waals surface area contributed by atoms with Crippen molar-refractivity contribution in [3.63, 3.8) is 0 Å². The summed E-state index contributed by atoms with van der Waals surface area (Å²) in [6.45, 7) is 1.11. The molecule has 0 unspecified atom stereocenters. The second-order valence-corrected chi connectivity index (χ2v) is 7.00. The van der Waals surface area contributed by atoms with Gasteiger partial charge in [0.25, 0.3) is 11.8 Å². The summed E-state index contributed by atoms with van der Waals surface area (Å²) in [4.78, 5) is 25.6. The molecule has 0 aliphatic carbocycles. The number of aliphatic hydroxyl groups excluding tert-OH is 2. The molecule has 29 heavy (non-hydrogen) atoms. The van der Waals surface area contributed by atoms with Crippen LogP contribution in [0.25, 0.3) is 11.1 Å². The Labute approximate surface area is 167 Å². The van der Waals surface area contributed by atoms with Gasteiger partial charge in [0.05, 0.1) is 0 Å². The standard InChI is InChI=1S/C21H23FN2O5/c22-15-7-8-16(17(25)11-15)14-5-3-13(4-6-14)12-23-20(28)18(26)19(27)21(29)24-9-1-2-10-24/h3-8,11,18-19,25-27H,1-2,9-10,12H2,(H,23,28)/t18-,19-/m1/s1. The van der Waals surface area contributed by atoms with Crippen molar-refractivity contribution in [2.45, 2.75) is 31.6 Å². The highest BCUT2D eigenvalue weighted by Gasteiger charge is 2.34. The van der Waals surface area contributed by atoms with Crippen molar-refractivity contribution in [2.24, 2.45) is 0 Å². The first-order chi connectivity index (χ1) is 13.9. The molecule has 0 radical (unpaired) electrons. The lowest BCUT2D eigenvalue weighted by molar-refractivity contribution is -0.152. The largest absolute Gasteiger partial charge is 0.507 e. The number of hydrogen-bond donors (Lipinski definition) is 4. The summed E-state index contributed by atoms with van der Waals surface area (Å²) in [6, 6.07) is 10.6. The van der Waals surface area contributed by atoms with Gasteiger partial charge >= 0.3 is 0 Å². The molecule has 3 rings (SSSR count). The summed E-state index contributed by atoms with van der Waals surface area (Å²) < 4.78 is 13.1. The van der Waals surface area contributed by atoms with Gasteiger partial charge in [-0.1, -0.05) is 24.3 Å². The number of hydrogen-bond acceptors (Lipinski definition) is 5. The number of aromatic hydroxyl groups is 1. The molecule has 1 heterocycles. The van der Waals surface area contributed by atoms with E-state index in [0.717, 1.165) is 18.9 Å². The van der Waals surface area contributed by atoms with E-state index in [1.807, 2.05) is 0 Å². The van der Waals surface area contributed by atoms with Crippen LogP contribution in [0.3, 0.4) is 0 Å². The SMILES string of the molecule is O=C(NCc1ccc(-c2ccc(F)cc2O)cc1)[C@H](O)[C@@H](O)C(=O)N1CCCC1. The van der Waals surface area contributed by atoms with E-state index < -0.39 is 29.8 Å².